The zero-order valence-corrected chi connectivity index (χ0v) is 11.6. The summed E-state index contributed by atoms with van der Waals surface area (Å²) in [6.07, 6.45) is -4.31. The first-order chi connectivity index (χ1) is 9.84. The quantitative estimate of drug-likeness (QED) is 0.912. The number of alkyl halides is 3. The van der Waals surface area contributed by atoms with E-state index in [9.17, 15) is 18.0 Å². The van der Waals surface area contributed by atoms with Crippen LogP contribution in [0.25, 0.3) is 0 Å². The molecule has 116 valence electrons. The maximum absolute atomic E-state index is 12.7. The summed E-state index contributed by atoms with van der Waals surface area (Å²) >= 11 is 0. The van der Waals surface area contributed by atoms with Gasteiger partial charge in [0, 0.05) is 32.7 Å². The van der Waals surface area contributed by atoms with Crippen molar-refractivity contribution in [3.05, 3.63) is 35.4 Å². The van der Waals surface area contributed by atoms with Crippen LogP contribution in [0.15, 0.2) is 24.3 Å². The van der Waals surface area contributed by atoms with Gasteiger partial charge in [-0.25, -0.2) is 0 Å². The number of hydrogen-bond donors (Lipinski definition) is 1. The molecule has 1 aliphatic rings. The van der Waals surface area contributed by atoms with Gasteiger partial charge in [-0.15, -0.1) is 0 Å². The molecule has 1 aliphatic heterocycles. The van der Waals surface area contributed by atoms with Crippen LogP contribution in [-0.4, -0.2) is 48.4 Å². The first kappa shape index (κ1) is 15.8. The fourth-order valence-electron chi connectivity index (χ4n) is 2.43. The second-order valence-electron chi connectivity index (χ2n) is 5.22. The molecule has 0 radical (unpaired) electrons. The summed E-state index contributed by atoms with van der Waals surface area (Å²) in [5.74, 6) is -0.360. The number of benzene rings is 1. The minimum absolute atomic E-state index is 0.234. The number of carbonyl (C=O) groups excluding carboxylic acids is 1. The van der Waals surface area contributed by atoms with Gasteiger partial charge in [-0.05, 0) is 11.6 Å². The highest BCUT2D eigenvalue weighted by Gasteiger charge is 2.30. The SMILES string of the molecule is NC(=O)CN1CCN(Cc2cccc(C(F)(F)F)c2)CC1. The van der Waals surface area contributed by atoms with Crippen LogP contribution >= 0.6 is 0 Å². The van der Waals surface area contributed by atoms with Crippen molar-refractivity contribution >= 4 is 5.91 Å². The predicted molar refractivity (Wildman–Crippen MR) is 72.4 cm³/mol. The lowest BCUT2D eigenvalue weighted by Crippen LogP contribution is -2.48. The molecule has 2 N–H and O–H groups in total. The maximum Gasteiger partial charge on any atom is 0.416 e. The number of carbonyl (C=O) groups is 1. The number of hydrogen-bond acceptors (Lipinski definition) is 3. The average Bonchev–Trinajstić information content (AvgIpc) is 2.40. The molecule has 0 aromatic heterocycles. The molecule has 21 heavy (non-hydrogen) atoms. The van der Waals surface area contributed by atoms with E-state index in [1.807, 2.05) is 4.90 Å². The van der Waals surface area contributed by atoms with Gasteiger partial charge in [0.25, 0.3) is 0 Å². The lowest BCUT2D eigenvalue weighted by Gasteiger charge is -2.34. The van der Waals surface area contributed by atoms with E-state index in [1.165, 1.54) is 12.1 Å². The number of nitrogens with two attached hydrogens (primary N) is 1. The molecular weight excluding hydrogens is 283 g/mol. The van der Waals surface area contributed by atoms with Gasteiger partial charge in [0.05, 0.1) is 12.1 Å². The Kier molecular flexibility index (Phi) is 4.84. The molecule has 0 saturated carbocycles. The largest absolute Gasteiger partial charge is 0.416 e. The second kappa shape index (κ2) is 6.44. The van der Waals surface area contributed by atoms with E-state index in [1.54, 1.807) is 6.07 Å². The number of rotatable bonds is 4. The summed E-state index contributed by atoms with van der Waals surface area (Å²) in [5, 5.41) is 0. The highest BCUT2D eigenvalue weighted by molar-refractivity contribution is 5.75. The molecule has 0 spiro atoms. The molecule has 0 atom stereocenters. The number of halogens is 3. The Morgan fingerprint density at radius 3 is 2.33 bits per heavy atom. The van der Waals surface area contributed by atoms with Crippen LogP contribution in [0.4, 0.5) is 13.2 Å². The smallest absolute Gasteiger partial charge is 0.369 e. The molecule has 1 aromatic carbocycles. The van der Waals surface area contributed by atoms with Crippen LogP contribution in [0, 0.1) is 0 Å². The lowest BCUT2D eigenvalue weighted by molar-refractivity contribution is -0.137. The number of piperazine rings is 1. The Bertz CT molecular complexity index is 496. The minimum Gasteiger partial charge on any atom is -0.369 e. The van der Waals surface area contributed by atoms with Crippen molar-refractivity contribution < 1.29 is 18.0 Å². The van der Waals surface area contributed by atoms with Crippen molar-refractivity contribution in [2.24, 2.45) is 5.73 Å². The fourth-order valence-corrected chi connectivity index (χ4v) is 2.43. The van der Waals surface area contributed by atoms with E-state index in [4.69, 9.17) is 5.73 Å². The van der Waals surface area contributed by atoms with E-state index in [0.717, 1.165) is 6.07 Å². The number of nitrogens with zero attached hydrogens (tertiary/aromatic N) is 2. The van der Waals surface area contributed by atoms with Gasteiger partial charge in [0.15, 0.2) is 0 Å². The summed E-state index contributed by atoms with van der Waals surface area (Å²) in [5.41, 5.74) is 5.17. The molecule has 0 aliphatic carbocycles. The van der Waals surface area contributed by atoms with Gasteiger partial charge in [-0.3, -0.25) is 14.6 Å². The van der Waals surface area contributed by atoms with Gasteiger partial charge in [0.1, 0.15) is 0 Å². The molecule has 1 heterocycles. The molecule has 4 nitrogen and oxygen atoms in total. The first-order valence-electron chi connectivity index (χ1n) is 6.74. The first-order valence-corrected chi connectivity index (χ1v) is 6.74. The van der Waals surface area contributed by atoms with E-state index < -0.39 is 11.7 Å². The monoisotopic (exact) mass is 301 g/mol. The summed E-state index contributed by atoms with van der Waals surface area (Å²) in [7, 11) is 0. The third kappa shape index (κ3) is 4.71. The standard InChI is InChI=1S/C14H18F3N3O/c15-14(16,17)12-3-1-2-11(8-12)9-19-4-6-20(7-5-19)10-13(18)21/h1-3,8H,4-7,9-10H2,(H2,18,21). The number of amides is 1. The molecule has 1 fully saturated rings. The van der Waals surface area contributed by atoms with Crippen molar-refractivity contribution in [2.75, 3.05) is 32.7 Å². The van der Waals surface area contributed by atoms with Crippen LogP contribution in [0.3, 0.4) is 0 Å². The lowest BCUT2D eigenvalue weighted by atomic mass is 10.1. The van der Waals surface area contributed by atoms with E-state index in [0.29, 0.717) is 38.3 Å². The predicted octanol–water partition coefficient (Wildman–Crippen LogP) is 1.31. The van der Waals surface area contributed by atoms with Crippen LogP contribution in [0.5, 0.6) is 0 Å². The third-order valence-corrected chi connectivity index (χ3v) is 3.50. The Hall–Kier alpha value is -1.60. The fraction of sp³-hybridized carbons (Fsp3) is 0.500. The second-order valence-corrected chi connectivity index (χ2v) is 5.22. The summed E-state index contributed by atoms with van der Waals surface area (Å²) in [6, 6.07) is 5.40. The van der Waals surface area contributed by atoms with Crippen molar-refractivity contribution in [2.45, 2.75) is 12.7 Å². The van der Waals surface area contributed by atoms with Gasteiger partial charge in [-0.2, -0.15) is 13.2 Å². The Balaban J connectivity index is 1.90. The van der Waals surface area contributed by atoms with Crippen molar-refractivity contribution in [3.8, 4) is 0 Å². The molecule has 1 aromatic rings. The summed E-state index contributed by atoms with van der Waals surface area (Å²) < 4.78 is 38.0. The van der Waals surface area contributed by atoms with E-state index in [2.05, 4.69) is 4.90 Å². The average molecular weight is 301 g/mol. The summed E-state index contributed by atoms with van der Waals surface area (Å²) in [6.45, 7) is 3.53. The molecule has 0 bridgehead atoms. The minimum atomic E-state index is -4.31. The van der Waals surface area contributed by atoms with Crippen LogP contribution in [0.2, 0.25) is 0 Å². The molecule has 1 amide bonds. The molecule has 0 unspecified atom stereocenters. The normalized spacial score (nSPS) is 17.9. The Labute approximate surface area is 121 Å². The van der Waals surface area contributed by atoms with Crippen LogP contribution in [0.1, 0.15) is 11.1 Å². The zero-order chi connectivity index (χ0) is 15.5. The number of primary amides is 1. The van der Waals surface area contributed by atoms with Crippen molar-refractivity contribution in [1.82, 2.24) is 9.80 Å². The van der Waals surface area contributed by atoms with Gasteiger partial charge in [0.2, 0.25) is 5.91 Å². The van der Waals surface area contributed by atoms with Gasteiger partial charge < -0.3 is 5.73 Å². The Morgan fingerprint density at radius 1 is 1.14 bits per heavy atom. The van der Waals surface area contributed by atoms with Crippen LogP contribution in [-0.2, 0) is 17.5 Å². The molecular formula is C14H18F3N3O. The maximum atomic E-state index is 12.7. The van der Waals surface area contributed by atoms with Crippen molar-refractivity contribution in [3.63, 3.8) is 0 Å². The van der Waals surface area contributed by atoms with Crippen LogP contribution < -0.4 is 5.73 Å². The van der Waals surface area contributed by atoms with E-state index >= 15 is 0 Å². The van der Waals surface area contributed by atoms with Crippen molar-refractivity contribution in [1.29, 1.82) is 0 Å². The Morgan fingerprint density at radius 2 is 1.76 bits per heavy atom. The van der Waals surface area contributed by atoms with Gasteiger partial charge >= 0.3 is 6.18 Å². The summed E-state index contributed by atoms with van der Waals surface area (Å²) in [4.78, 5) is 14.9. The topological polar surface area (TPSA) is 49.6 Å². The highest BCUT2D eigenvalue weighted by Crippen LogP contribution is 2.29. The third-order valence-electron chi connectivity index (χ3n) is 3.50. The molecule has 7 heteroatoms. The zero-order valence-electron chi connectivity index (χ0n) is 11.6. The molecule has 2 rings (SSSR count). The molecule has 1 saturated heterocycles. The highest BCUT2D eigenvalue weighted by atomic mass is 19.4. The van der Waals surface area contributed by atoms with E-state index in [-0.39, 0.29) is 12.5 Å². The van der Waals surface area contributed by atoms with Gasteiger partial charge in [-0.1, -0.05) is 18.2 Å².